The highest BCUT2D eigenvalue weighted by Crippen LogP contribution is 2.18. The largest absolute Gasteiger partial charge is 0.291 e. The molecular weight excluding hydrogens is 298 g/mol. The van der Waals surface area contributed by atoms with Crippen molar-refractivity contribution in [3.8, 4) is 0 Å². The third kappa shape index (κ3) is 2.32. The molecule has 0 aromatic carbocycles. The molecule has 3 aromatic rings. The highest BCUT2D eigenvalue weighted by atomic mass is 32.1. The van der Waals surface area contributed by atoms with Gasteiger partial charge in [-0.2, -0.15) is 0 Å². The average Bonchev–Trinajstić information content (AvgIpc) is 2.89. The molecule has 0 spiro atoms. The van der Waals surface area contributed by atoms with Gasteiger partial charge in [-0.1, -0.05) is 0 Å². The Morgan fingerprint density at radius 3 is 3.23 bits per heavy atom. The van der Waals surface area contributed by atoms with Crippen molar-refractivity contribution in [1.82, 2.24) is 24.3 Å². The molecule has 4 heterocycles. The summed E-state index contributed by atoms with van der Waals surface area (Å²) in [6.45, 7) is 4.31. The first-order chi connectivity index (χ1) is 10.7. The SMILES string of the molecule is Cc1csc2nc(CN3CCc4cncnc4C3)cc(=O)n12. The van der Waals surface area contributed by atoms with E-state index in [2.05, 4.69) is 19.9 Å². The molecule has 0 aliphatic carbocycles. The number of aromatic nitrogens is 4. The molecule has 3 aromatic heterocycles. The molecule has 0 bridgehead atoms. The Balaban J connectivity index is 1.61. The maximum Gasteiger partial charge on any atom is 0.259 e. The summed E-state index contributed by atoms with van der Waals surface area (Å²) in [6.07, 6.45) is 4.42. The number of aryl methyl sites for hydroxylation is 1. The maximum absolute atomic E-state index is 12.2. The van der Waals surface area contributed by atoms with Crippen molar-refractivity contribution in [2.24, 2.45) is 0 Å². The minimum atomic E-state index is -0.00140. The number of hydrogen-bond acceptors (Lipinski definition) is 6. The van der Waals surface area contributed by atoms with Gasteiger partial charge >= 0.3 is 0 Å². The van der Waals surface area contributed by atoms with Crippen molar-refractivity contribution in [2.45, 2.75) is 26.4 Å². The molecule has 0 radical (unpaired) electrons. The van der Waals surface area contributed by atoms with E-state index >= 15 is 0 Å². The molecule has 0 saturated carbocycles. The van der Waals surface area contributed by atoms with Gasteiger partial charge in [0.1, 0.15) is 6.33 Å². The number of hydrogen-bond donors (Lipinski definition) is 0. The van der Waals surface area contributed by atoms with Crippen molar-refractivity contribution >= 4 is 16.3 Å². The van der Waals surface area contributed by atoms with E-state index in [-0.39, 0.29) is 5.56 Å². The lowest BCUT2D eigenvalue weighted by Crippen LogP contribution is -2.31. The summed E-state index contributed by atoms with van der Waals surface area (Å²) in [5.74, 6) is 0. The first kappa shape index (κ1) is 13.5. The summed E-state index contributed by atoms with van der Waals surface area (Å²) in [6, 6.07) is 1.64. The second-order valence-electron chi connectivity index (χ2n) is 5.54. The normalized spacial score (nSPS) is 15.1. The lowest BCUT2D eigenvalue weighted by molar-refractivity contribution is 0.238. The fraction of sp³-hybridized carbons (Fsp3) is 0.333. The Hall–Kier alpha value is -2.12. The zero-order chi connectivity index (χ0) is 15.1. The summed E-state index contributed by atoms with van der Waals surface area (Å²) in [4.78, 5) is 28.3. The van der Waals surface area contributed by atoms with E-state index < -0.39 is 0 Å². The van der Waals surface area contributed by atoms with Crippen molar-refractivity contribution in [2.75, 3.05) is 6.54 Å². The van der Waals surface area contributed by atoms with Gasteiger partial charge in [-0.3, -0.25) is 14.1 Å². The molecule has 0 fully saturated rings. The zero-order valence-corrected chi connectivity index (χ0v) is 13.0. The summed E-state index contributed by atoms with van der Waals surface area (Å²) in [5.41, 5.74) is 4.05. The maximum atomic E-state index is 12.2. The van der Waals surface area contributed by atoms with Gasteiger partial charge in [-0.05, 0) is 18.9 Å². The third-order valence-corrected chi connectivity index (χ3v) is 4.91. The monoisotopic (exact) mass is 313 g/mol. The standard InChI is InChI=1S/C15H15N5OS/c1-10-8-22-15-18-12(4-14(21)20(10)15)6-19-3-2-11-5-16-9-17-13(11)7-19/h4-5,8-9H,2-3,6-7H2,1H3. The van der Waals surface area contributed by atoms with Crippen LogP contribution in [0.15, 0.2) is 28.8 Å². The van der Waals surface area contributed by atoms with Crippen LogP contribution >= 0.6 is 11.3 Å². The lowest BCUT2D eigenvalue weighted by Gasteiger charge is -2.27. The molecule has 0 atom stereocenters. The number of thiazole rings is 1. The van der Waals surface area contributed by atoms with Gasteiger partial charge in [0.2, 0.25) is 0 Å². The summed E-state index contributed by atoms with van der Waals surface area (Å²) < 4.78 is 1.66. The van der Waals surface area contributed by atoms with Crippen LogP contribution in [0.1, 0.15) is 22.6 Å². The van der Waals surface area contributed by atoms with Crippen LogP contribution in [0.4, 0.5) is 0 Å². The molecule has 1 aliphatic rings. The molecule has 7 heteroatoms. The molecule has 22 heavy (non-hydrogen) atoms. The minimum Gasteiger partial charge on any atom is -0.291 e. The summed E-state index contributed by atoms with van der Waals surface area (Å²) >= 11 is 1.51. The first-order valence-corrected chi connectivity index (χ1v) is 8.05. The highest BCUT2D eigenvalue weighted by Gasteiger charge is 2.18. The molecule has 0 N–H and O–H groups in total. The lowest BCUT2D eigenvalue weighted by atomic mass is 10.1. The Morgan fingerprint density at radius 1 is 1.41 bits per heavy atom. The number of nitrogens with zero attached hydrogens (tertiary/aromatic N) is 5. The Morgan fingerprint density at radius 2 is 2.32 bits per heavy atom. The molecule has 4 rings (SSSR count). The van der Waals surface area contributed by atoms with Gasteiger partial charge in [0.25, 0.3) is 5.56 Å². The molecule has 0 saturated heterocycles. The quantitative estimate of drug-likeness (QED) is 0.716. The second-order valence-corrected chi connectivity index (χ2v) is 6.37. The first-order valence-electron chi connectivity index (χ1n) is 7.17. The van der Waals surface area contributed by atoms with E-state index in [4.69, 9.17) is 0 Å². The van der Waals surface area contributed by atoms with Gasteiger partial charge in [0.15, 0.2) is 4.96 Å². The highest BCUT2D eigenvalue weighted by molar-refractivity contribution is 7.15. The van der Waals surface area contributed by atoms with Gasteiger partial charge in [-0.25, -0.2) is 15.0 Å². The van der Waals surface area contributed by atoms with Crippen LogP contribution in [0.3, 0.4) is 0 Å². The van der Waals surface area contributed by atoms with Gasteiger partial charge < -0.3 is 0 Å². The average molecular weight is 313 g/mol. The number of fused-ring (bicyclic) bond motifs is 2. The van der Waals surface area contributed by atoms with Gasteiger partial charge in [0.05, 0.1) is 11.4 Å². The van der Waals surface area contributed by atoms with Gasteiger partial charge in [0, 0.05) is 43.0 Å². The molecule has 112 valence electrons. The fourth-order valence-electron chi connectivity index (χ4n) is 2.85. The smallest absolute Gasteiger partial charge is 0.259 e. The van der Waals surface area contributed by atoms with Crippen molar-refractivity contribution in [3.63, 3.8) is 0 Å². The fourth-order valence-corrected chi connectivity index (χ4v) is 3.74. The van der Waals surface area contributed by atoms with Crippen LogP contribution < -0.4 is 5.56 Å². The van der Waals surface area contributed by atoms with E-state index in [0.29, 0.717) is 6.54 Å². The van der Waals surface area contributed by atoms with E-state index in [1.54, 1.807) is 16.8 Å². The Kier molecular flexibility index (Phi) is 3.24. The minimum absolute atomic E-state index is 0.00140. The molecule has 1 aliphatic heterocycles. The third-order valence-electron chi connectivity index (χ3n) is 3.97. The Labute approximate surface area is 131 Å². The van der Waals surface area contributed by atoms with Crippen LogP contribution in [0.5, 0.6) is 0 Å². The van der Waals surface area contributed by atoms with Crippen LogP contribution in [0, 0.1) is 6.92 Å². The summed E-state index contributed by atoms with van der Waals surface area (Å²) in [7, 11) is 0. The van der Waals surface area contributed by atoms with E-state index in [1.807, 2.05) is 18.5 Å². The molecule has 6 nitrogen and oxygen atoms in total. The van der Waals surface area contributed by atoms with E-state index in [1.165, 1.54) is 16.9 Å². The number of rotatable bonds is 2. The molecular formula is C15H15N5OS. The molecule has 0 amide bonds. The van der Waals surface area contributed by atoms with Crippen molar-refractivity contribution < 1.29 is 0 Å². The van der Waals surface area contributed by atoms with Gasteiger partial charge in [-0.15, -0.1) is 11.3 Å². The molecule has 0 unspecified atom stereocenters. The van der Waals surface area contributed by atoms with E-state index in [0.717, 1.165) is 41.6 Å². The van der Waals surface area contributed by atoms with E-state index in [9.17, 15) is 4.79 Å². The van der Waals surface area contributed by atoms with Crippen LogP contribution in [-0.4, -0.2) is 30.8 Å². The second kappa shape index (κ2) is 5.26. The predicted molar refractivity (Wildman–Crippen MR) is 83.9 cm³/mol. The Bertz CT molecular complexity index is 900. The van der Waals surface area contributed by atoms with Crippen LogP contribution in [0.25, 0.3) is 4.96 Å². The zero-order valence-electron chi connectivity index (χ0n) is 12.2. The summed E-state index contributed by atoms with van der Waals surface area (Å²) in [5, 5.41) is 1.96. The van der Waals surface area contributed by atoms with Crippen LogP contribution in [0.2, 0.25) is 0 Å². The topological polar surface area (TPSA) is 63.4 Å². The van der Waals surface area contributed by atoms with Crippen molar-refractivity contribution in [1.29, 1.82) is 0 Å². The predicted octanol–water partition coefficient (Wildman–Crippen LogP) is 1.41. The van der Waals surface area contributed by atoms with Crippen LogP contribution in [-0.2, 0) is 19.5 Å². The van der Waals surface area contributed by atoms with Crippen molar-refractivity contribution in [3.05, 3.63) is 57.0 Å².